The molecule has 0 aromatic heterocycles. The second-order valence-electron chi connectivity index (χ2n) is 4.55. The van der Waals surface area contributed by atoms with Crippen molar-refractivity contribution in [3.63, 3.8) is 0 Å². The second kappa shape index (κ2) is 6.02. The molecule has 5 heteroatoms. The van der Waals surface area contributed by atoms with Crippen LogP contribution in [0.1, 0.15) is 36.0 Å². The van der Waals surface area contributed by atoms with Crippen molar-refractivity contribution in [2.75, 3.05) is 0 Å². The maximum absolute atomic E-state index is 13.6. The molecule has 1 aromatic rings. The van der Waals surface area contributed by atoms with E-state index >= 15 is 0 Å². The fourth-order valence-electron chi connectivity index (χ4n) is 2.13. The zero-order valence-electron chi connectivity index (χ0n) is 9.76. The molecule has 0 spiro atoms. The van der Waals surface area contributed by atoms with Gasteiger partial charge in [-0.1, -0.05) is 15.9 Å². The molecule has 1 aliphatic carbocycles. The highest BCUT2D eigenvalue weighted by Crippen LogP contribution is 2.23. The third-order valence-electron chi connectivity index (χ3n) is 3.17. The Morgan fingerprint density at radius 2 is 2.00 bits per heavy atom. The van der Waals surface area contributed by atoms with E-state index in [2.05, 4.69) is 21.2 Å². The highest BCUT2D eigenvalue weighted by atomic mass is 79.9. The SMILES string of the molecule is O=C(NC1CCC(Cl)CC1)c1ccc(Br)cc1F. The predicted octanol–water partition coefficient (Wildman–Crippen LogP) is 3.87. The van der Waals surface area contributed by atoms with Gasteiger partial charge in [0.15, 0.2) is 0 Å². The molecule has 0 unspecified atom stereocenters. The zero-order chi connectivity index (χ0) is 13.1. The molecule has 2 nitrogen and oxygen atoms in total. The first kappa shape index (κ1) is 13.8. The van der Waals surface area contributed by atoms with Crippen LogP contribution in [0.3, 0.4) is 0 Å². The molecule has 0 atom stereocenters. The van der Waals surface area contributed by atoms with E-state index in [1.54, 1.807) is 6.07 Å². The largest absolute Gasteiger partial charge is 0.349 e. The molecule has 1 aliphatic rings. The molecule has 1 amide bonds. The lowest BCUT2D eigenvalue weighted by molar-refractivity contribution is 0.0924. The molecule has 1 saturated carbocycles. The van der Waals surface area contributed by atoms with Gasteiger partial charge in [0.1, 0.15) is 5.82 Å². The third-order valence-corrected chi connectivity index (χ3v) is 4.10. The third kappa shape index (κ3) is 3.45. The van der Waals surface area contributed by atoms with Crippen molar-refractivity contribution < 1.29 is 9.18 Å². The number of carbonyl (C=O) groups is 1. The predicted molar refractivity (Wildman–Crippen MR) is 73.5 cm³/mol. The summed E-state index contributed by atoms with van der Waals surface area (Å²) < 4.78 is 14.2. The summed E-state index contributed by atoms with van der Waals surface area (Å²) in [4.78, 5) is 11.9. The van der Waals surface area contributed by atoms with Crippen LogP contribution in [0.25, 0.3) is 0 Å². The van der Waals surface area contributed by atoms with Crippen LogP contribution in [0, 0.1) is 5.82 Å². The quantitative estimate of drug-likeness (QED) is 0.817. The van der Waals surface area contributed by atoms with Gasteiger partial charge in [-0.2, -0.15) is 0 Å². The smallest absolute Gasteiger partial charge is 0.254 e. The summed E-state index contributed by atoms with van der Waals surface area (Å²) in [5.41, 5.74) is 0.0891. The van der Waals surface area contributed by atoms with Crippen molar-refractivity contribution in [1.29, 1.82) is 0 Å². The fraction of sp³-hybridized carbons (Fsp3) is 0.462. The van der Waals surface area contributed by atoms with E-state index in [1.807, 2.05) is 0 Å². The fourth-order valence-corrected chi connectivity index (χ4v) is 2.72. The van der Waals surface area contributed by atoms with Crippen molar-refractivity contribution in [3.05, 3.63) is 34.1 Å². The van der Waals surface area contributed by atoms with E-state index in [1.165, 1.54) is 12.1 Å². The van der Waals surface area contributed by atoms with E-state index in [0.29, 0.717) is 4.47 Å². The molecular weight excluding hydrogens is 321 g/mol. The Morgan fingerprint density at radius 1 is 1.33 bits per heavy atom. The Bertz CT molecular complexity index is 447. The Labute approximate surface area is 119 Å². The summed E-state index contributed by atoms with van der Waals surface area (Å²) in [6.45, 7) is 0. The number of nitrogens with one attached hydrogen (secondary N) is 1. The first-order valence-corrected chi connectivity index (χ1v) is 7.19. The summed E-state index contributed by atoms with van der Waals surface area (Å²) in [5.74, 6) is -0.856. The number of hydrogen-bond donors (Lipinski definition) is 1. The average molecular weight is 335 g/mol. The van der Waals surface area contributed by atoms with Crippen molar-refractivity contribution in [2.45, 2.75) is 37.1 Å². The molecule has 0 aliphatic heterocycles. The molecule has 1 N–H and O–H groups in total. The number of alkyl halides is 1. The van der Waals surface area contributed by atoms with Crippen LogP contribution < -0.4 is 5.32 Å². The van der Waals surface area contributed by atoms with Gasteiger partial charge in [0, 0.05) is 15.9 Å². The van der Waals surface area contributed by atoms with E-state index in [4.69, 9.17) is 11.6 Å². The Kier molecular flexibility index (Phi) is 4.62. The first-order chi connectivity index (χ1) is 8.56. The molecule has 0 radical (unpaired) electrons. The number of carbonyl (C=O) groups excluding carboxylic acids is 1. The molecule has 2 rings (SSSR count). The topological polar surface area (TPSA) is 29.1 Å². The van der Waals surface area contributed by atoms with Gasteiger partial charge < -0.3 is 5.32 Å². The number of rotatable bonds is 2. The van der Waals surface area contributed by atoms with E-state index in [0.717, 1.165) is 25.7 Å². The average Bonchev–Trinajstić information content (AvgIpc) is 2.32. The van der Waals surface area contributed by atoms with Crippen LogP contribution in [0.5, 0.6) is 0 Å². The Morgan fingerprint density at radius 3 is 2.61 bits per heavy atom. The second-order valence-corrected chi connectivity index (χ2v) is 6.08. The Balaban J connectivity index is 1.99. The standard InChI is InChI=1S/C13H14BrClFNO/c14-8-1-6-11(12(16)7-8)13(18)17-10-4-2-9(15)3-5-10/h1,6-7,9-10H,2-5H2,(H,17,18). The van der Waals surface area contributed by atoms with Gasteiger partial charge in [-0.25, -0.2) is 4.39 Å². The maximum atomic E-state index is 13.6. The molecular formula is C13H14BrClFNO. The van der Waals surface area contributed by atoms with E-state index in [-0.39, 0.29) is 22.9 Å². The molecule has 18 heavy (non-hydrogen) atoms. The maximum Gasteiger partial charge on any atom is 0.254 e. The van der Waals surface area contributed by atoms with Crippen molar-refractivity contribution in [2.24, 2.45) is 0 Å². The first-order valence-electron chi connectivity index (χ1n) is 5.96. The highest BCUT2D eigenvalue weighted by molar-refractivity contribution is 9.10. The van der Waals surface area contributed by atoms with Crippen molar-refractivity contribution in [3.8, 4) is 0 Å². The summed E-state index contributed by atoms with van der Waals surface area (Å²) in [6, 6.07) is 4.55. The highest BCUT2D eigenvalue weighted by Gasteiger charge is 2.22. The van der Waals surface area contributed by atoms with Gasteiger partial charge >= 0.3 is 0 Å². The summed E-state index contributed by atoms with van der Waals surface area (Å²) in [5, 5.41) is 3.07. The molecule has 0 saturated heterocycles. The lowest BCUT2D eigenvalue weighted by Gasteiger charge is -2.25. The van der Waals surface area contributed by atoms with Crippen molar-refractivity contribution in [1.82, 2.24) is 5.32 Å². The summed E-state index contributed by atoms with van der Waals surface area (Å²) in [7, 11) is 0. The van der Waals surface area contributed by atoms with Crippen LogP contribution in [0.2, 0.25) is 0 Å². The van der Waals surface area contributed by atoms with Crippen LogP contribution in [-0.2, 0) is 0 Å². The van der Waals surface area contributed by atoms with Crippen LogP contribution in [0.4, 0.5) is 4.39 Å². The number of halogens is 3. The van der Waals surface area contributed by atoms with Crippen LogP contribution >= 0.6 is 27.5 Å². The van der Waals surface area contributed by atoms with Crippen LogP contribution in [-0.4, -0.2) is 17.3 Å². The summed E-state index contributed by atoms with van der Waals surface area (Å²) >= 11 is 9.16. The number of benzene rings is 1. The minimum absolute atomic E-state index is 0.0891. The van der Waals surface area contributed by atoms with Gasteiger partial charge in [-0.05, 0) is 43.9 Å². The van der Waals surface area contributed by atoms with E-state index in [9.17, 15) is 9.18 Å². The summed E-state index contributed by atoms with van der Waals surface area (Å²) in [6.07, 6.45) is 3.51. The van der Waals surface area contributed by atoms with Crippen molar-refractivity contribution >= 4 is 33.4 Å². The van der Waals surface area contributed by atoms with Crippen LogP contribution in [0.15, 0.2) is 22.7 Å². The van der Waals surface area contributed by atoms with E-state index < -0.39 is 5.82 Å². The number of amides is 1. The monoisotopic (exact) mass is 333 g/mol. The molecule has 1 fully saturated rings. The minimum Gasteiger partial charge on any atom is -0.349 e. The minimum atomic E-state index is -0.507. The van der Waals surface area contributed by atoms with Gasteiger partial charge in [-0.15, -0.1) is 11.6 Å². The van der Waals surface area contributed by atoms with Gasteiger partial charge in [0.05, 0.1) is 5.56 Å². The van der Waals surface area contributed by atoms with Gasteiger partial charge in [-0.3, -0.25) is 4.79 Å². The Hall–Kier alpha value is -0.610. The number of hydrogen-bond acceptors (Lipinski definition) is 1. The van der Waals surface area contributed by atoms with Gasteiger partial charge in [0.25, 0.3) is 5.91 Å². The lowest BCUT2D eigenvalue weighted by Crippen LogP contribution is -2.38. The molecule has 98 valence electrons. The molecule has 0 bridgehead atoms. The normalized spacial score (nSPS) is 23.7. The molecule has 0 heterocycles. The van der Waals surface area contributed by atoms with Gasteiger partial charge in [0.2, 0.25) is 0 Å². The molecule has 1 aromatic carbocycles. The lowest BCUT2D eigenvalue weighted by atomic mass is 9.95. The zero-order valence-corrected chi connectivity index (χ0v) is 12.1.